The van der Waals surface area contributed by atoms with E-state index in [0.29, 0.717) is 17.1 Å². The van der Waals surface area contributed by atoms with Crippen LogP contribution < -0.4 is 15.5 Å². The van der Waals surface area contributed by atoms with Crippen molar-refractivity contribution >= 4 is 23.2 Å². The second kappa shape index (κ2) is 10.1. The first-order valence-electron chi connectivity index (χ1n) is 8.38. The van der Waals surface area contributed by atoms with Crippen LogP contribution in [0, 0.1) is 0 Å². The molecule has 1 atom stereocenters. The Balaban J connectivity index is 1.88. The van der Waals surface area contributed by atoms with E-state index in [9.17, 15) is 9.59 Å². The average Bonchev–Trinajstić information content (AvgIpc) is 2.68. The highest BCUT2D eigenvalue weighted by molar-refractivity contribution is 6.05. The molecule has 2 aromatic carbocycles. The summed E-state index contributed by atoms with van der Waals surface area (Å²) in [4.78, 5) is 24.3. The molecule has 2 N–H and O–H groups in total. The van der Waals surface area contributed by atoms with Gasteiger partial charge >= 0.3 is 0 Å². The zero-order valence-electron chi connectivity index (χ0n) is 15.6. The minimum Gasteiger partial charge on any atom is -0.497 e. The molecule has 7 nitrogen and oxygen atoms in total. The fourth-order valence-corrected chi connectivity index (χ4v) is 2.38. The number of hydrogen-bond donors (Lipinski definition) is 2. The van der Waals surface area contributed by atoms with Crippen LogP contribution in [0.1, 0.15) is 25.0 Å². The first kappa shape index (κ1) is 20.1. The summed E-state index contributed by atoms with van der Waals surface area (Å²) in [6.45, 7) is 1.66. The normalized spacial score (nSPS) is 12.2. The third-order valence-electron chi connectivity index (χ3n) is 3.72. The zero-order chi connectivity index (χ0) is 19.6. The standard InChI is InChI=1S/C20H23N3O4/c1-14(13-18(24)21-16-9-11-17(26-2)12-10-16)22-23-20(25)19(27-3)15-7-5-4-6-8-15/h4-12,19H,13H2,1-3H3,(H,21,24)(H,23,25)/b22-14+. The Morgan fingerprint density at radius 3 is 2.30 bits per heavy atom. The monoisotopic (exact) mass is 369 g/mol. The molecule has 2 aromatic rings. The number of anilines is 1. The number of benzene rings is 2. The largest absolute Gasteiger partial charge is 0.497 e. The van der Waals surface area contributed by atoms with Crippen molar-refractivity contribution in [2.45, 2.75) is 19.4 Å². The van der Waals surface area contributed by atoms with Crippen molar-refractivity contribution in [3.05, 3.63) is 60.2 Å². The molecule has 0 spiro atoms. The molecule has 0 aliphatic carbocycles. The molecule has 0 aliphatic rings. The fourth-order valence-electron chi connectivity index (χ4n) is 2.38. The summed E-state index contributed by atoms with van der Waals surface area (Å²) >= 11 is 0. The summed E-state index contributed by atoms with van der Waals surface area (Å²) in [6, 6.07) is 16.1. The van der Waals surface area contributed by atoms with Crippen LogP contribution in [-0.4, -0.2) is 31.7 Å². The maximum atomic E-state index is 12.3. The third-order valence-corrected chi connectivity index (χ3v) is 3.72. The summed E-state index contributed by atoms with van der Waals surface area (Å²) in [5, 5.41) is 6.74. The molecule has 0 saturated heterocycles. The number of ether oxygens (including phenoxy) is 2. The van der Waals surface area contributed by atoms with Crippen LogP contribution in [0.2, 0.25) is 0 Å². The van der Waals surface area contributed by atoms with Gasteiger partial charge in [-0.05, 0) is 36.8 Å². The third kappa shape index (κ3) is 6.23. The van der Waals surface area contributed by atoms with Crippen molar-refractivity contribution in [3.8, 4) is 5.75 Å². The van der Waals surface area contributed by atoms with Gasteiger partial charge in [0, 0.05) is 18.5 Å². The molecule has 2 rings (SSSR count). The summed E-state index contributed by atoms with van der Waals surface area (Å²) in [6.07, 6.45) is -0.717. The lowest BCUT2D eigenvalue weighted by Crippen LogP contribution is -2.28. The van der Waals surface area contributed by atoms with Gasteiger partial charge < -0.3 is 14.8 Å². The van der Waals surface area contributed by atoms with Gasteiger partial charge in [0.25, 0.3) is 5.91 Å². The minimum absolute atomic E-state index is 0.0509. The molecule has 142 valence electrons. The lowest BCUT2D eigenvalue weighted by atomic mass is 10.1. The minimum atomic E-state index is -0.768. The summed E-state index contributed by atoms with van der Waals surface area (Å²) in [5.41, 5.74) is 4.29. The van der Waals surface area contributed by atoms with Crippen LogP contribution in [0.15, 0.2) is 59.7 Å². The predicted octanol–water partition coefficient (Wildman–Crippen LogP) is 2.90. The van der Waals surface area contributed by atoms with Crippen molar-refractivity contribution in [1.82, 2.24) is 5.43 Å². The van der Waals surface area contributed by atoms with Crippen LogP contribution in [0.3, 0.4) is 0 Å². The van der Waals surface area contributed by atoms with Crippen LogP contribution in [0.5, 0.6) is 5.75 Å². The van der Waals surface area contributed by atoms with E-state index >= 15 is 0 Å². The van der Waals surface area contributed by atoms with Gasteiger partial charge in [0.15, 0.2) is 6.10 Å². The Hall–Kier alpha value is -3.19. The lowest BCUT2D eigenvalue weighted by Gasteiger charge is -2.14. The highest BCUT2D eigenvalue weighted by Crippen LogP contribution is 2.16. The van der Waals surface area contributed by atoms with Crippen LogP contribution in [0.25, 0.3) is 0 Å². The Morgan fingerprint density at radius 2 is 1.70 bits per heavy atom. The molecule has 1 unspecified atom stereocenters. The Labute approximate surface area is 158 Å². The number of hydrogen-bond acceptors (Lipinski definition) is 5. The zero-order valence-corrected chi connectivity index (χ0v) is 15.6. The van der Waals surface area contributed by atoms with Gasteiger partial charge in [-0.25, -0.2) is 5.43 Å². The van der Waals surface area contributed by atoms with E-state index in [4.69, 9.17) is 9.47 Å². The molecule has 0 aliphatic heterocycles. The van der Waals surface area contributed by atoms with Crippen LogP contribution in [-0.2, 0) is 14.3 Å². The highest BCUT2D eigenvalue weighted by Gasteiger charge is 2.19. The molecule has 0 saturated carbocycles. The van der Waals surface area contributed by atoms with Crippen molar-refractivity contribution in [3.63, 3.8) is 0 Å². The number of methoxy groups -OCH3 is 2. The maximum Gasteiger partial charge on any atom is 0.273 e. The number of amides is 2. The van der Waals surface area contributed by atoms with E-state index in [1.165, 1.54) is 7.11 Å². The van der Waals surface area contributed by atoms with E-state index in [-0.39, 0.29) is 12.3 Å². The Kier molecular flexibility index (Phi) is 7.51. The summed E-state index contributed by atoms with van der Waals surface area (Å²) in [5.74, 6) is 0.0696. The number of carbonyl (C=O) groups excluding carboxylic acids is 2. The van der Waals surface area contributed by atoms with Gasteiger partial charge in [0.1, 0.15) is 5.75 Å². The van der Waals surface area contributed by atoms with Gasteiger partial charge in [-0.2, -0.15) is 5.10 Å². The van der Waals surface area contributed by atoms with E-state index in [0.717, 1.165) is 5.56 Å². The second-order valence-corrected chi connectivity index (χ2v) is 5.80. The molecule has 0 bridgehead atoms. The number of nitrogens with zero attached hydrogens (tertiary/aromatic N) is 1. The highest BCUT2D eigenvalue weighted by atomic mass is 16.5. The van der Waals surface area contributed by atoms with Gasteiger partial charge in [-0.1, -0.05) is 30.3 Å². The Morgan fingerprint density at radius 1 is 1.04 bits per heavy atom. The Bertz CT molecular complexity index is 789. The van der Waals surface area contributed by atoms with Gasteiger partial charge in [0.05, 0.1) is 13.5 Å². The van der Waals surface area contributed by atoms with E-state index < -0.39 is 12.0 Å². The molecular weight excluding hydrogens is 346 g/mol. The molecule has 0 aromatic heterocycles. The molecule has 0 radical (unpaired) electrons. The maximum absolute atomic E-state index is 12.3. The van der Waals surface area contributed by atoms with E-state index in [1.807, 2.05) is 18.2 Å². The molecular formula is C20H23N3O4. The van der Waals surface area contributed by atoms with Crippen LogP contribution in [0.4, 0.5) is 5.69 Å². The number of hydrazone groups is 1. The molecule has 0 heterocycles. The smallest absolute Gasteiger partial charge is 0.273 e. The quantitative estimate of drug-likeness (QED) is 0.553. The second-order valence-electron chi connectivity index (χ2n) is 5.80. The topological polar surface area (TPSA) is 89.0 Å². The van der Waals surface area contributed by atoms with Gasteiger partial charge in [-0.3, -0.25) is 9.59 Å². The summed E-state index contributed by atoms with van der Waals surface area (Å²) in [7, 11) is 3.03. The molecule has 27 heavy (non-hydrogen) atoms. The SMILES string of the molecule is COc1ccc(NC(=O)C/C(C)=N/NC(=O)C(OC)c2ccccc2)cc1. The first-order chi connectivity index (χ1) is 13.0. The fraction of sp³-hybridized carbons (Fsp3) is 0.250. The van der Waals surface area contributed by atoms with Crippen molar-refractivity contribution in [2.75, 3.05) is 19.5 Å². The van der Waals surface area contributed by atoms with Gasteiger partial charge in [0.2, 0.25) is 5.91 Å². The van der Waals surface area contributed by atoms with Gasteiger partial charge in [-0.15, -0.1) is 0 Å². The van der Waals surface area contributed by atoms with E-state index in [2.05, 4.69) is 15.8 Å². The number of rotatable bonds is 8. The lowest BCUT2D eigenvalue weighted by molar-refractivity contribution is -0.131. The predicted molar refractivity (Wildman–Crippen MR) is 104 cm³/mol. The van der Waals surface area contributed by atoms with Crippen molar-refractivity contribution < 1.29 is 19.1 Å². The average molecular weight is 369 g/mol. The van der Waals surface area contributed by atoms with Crippen LogP contribution >= 0.6 is 0 Å². The molecule has 2 amide bonds. The molecule has 0 fully saturated rings. The van der Waals surface area contributed by atoms with Crippen molar-refractivity contribution in [1.29, 1.82) is 0 Å². The van der Waals surface area contributed by atoms with Crippen molar-refractivity contribution in [2.24, 2.45) is 5.10 Å². The van der Waals surface area contributed by atoms with E-state index in [1.54, 1.807) is 50.4 Å². The molecule has 7 heteroatoms. The number of carbonyl (C=O) groups is 2. The number of nitrogens with one attached hydrogen (secondary N) is 2. The first-order valence-corrected chi connectivity index (χ1v) is 8.38. The summed E-state index contributed by atoms with van der Waals surface area (Å²) < 4.78 is 10.3.